The molecule has 0 amide bonds. The van der Waals surface area contributed by atoms with Crippen molar-refractivity contribution in [3.63, 3.8) is 0 Å². The van der Waals surface area contributed by atoms with Gasteiger partial charge in [0.1, 0.15) is 0 Å². The predicted molar refractivity (Wildman–Crippen MR) is 94.4 cm³/mol. The van der Waals surface area contributed by atoms with Crippen LogP contribution in [0.25, 0.3) is 0 Å². The Hall–Kier alpha value is -2.24. The van der Waals surface area contributed by atoms with Crippen molar-refractivity contribution in [1.82, 2.24) is 5.32 Å². The number of nitrogens with zero attached hydrogens (tertiary/aromatic N) is 1. The van der Waals surface area contributed by atoms with E-state index >= 15 is 0 Å². The van der Waals surface area contributed by atoms with Gasteiger partial charge in [0, 0.05) is 31.4 Å². The number of aliphatic hydroxyl groups excluding tert-OH is 1. The van der Waals surface area contributed by atoms with E-state index in [1.807, 2.05) is 6.07 Å². The van der Waals surface area contributed by atoms with Crippen molar-refractivity contribution in [2.24, 2.45) is 0 Å². The topological polar surface area (TPSA) is 76.0 Å². The van der Waals surface area contributed by atoms with Crippen molar-refractivity contribution in [1.29, 1.82) is 0 Å². The molecule has 1 heterocycles. The Balaban J connectivity index is 1.47. The second-order valence-electron chi connectivity index (χ2n) is 6.27. The van der Waals surface area contributed by atoms with E-state index in [1.165, 1.54) is 17.8 Å². The number of aromatic hydroxyl groups is 2. The van der Waals surface area contributed by atoms with Crippen LogP contribution in [-0.4, -0.2) is 41.0 Å². The van der Waals surface area contributed by atoms with Crippen LogP contribution in [0.15, 0.2) is 48.5 Å². The Morgan fingerprint density at radius 1 is 1.00 bits per heavy atom. The van der Waals surface area contributed by atoms with Crippen molar-refractivity contribution in [2.75, 3.05) is 24.5 Å². The highest BCUT2D eigenvalue weighted by atomic mass is 16.3. The molecule has 0 saturated carbocycles. The maximum Gasteiger partial charge on any atom is 0.157 e. The molecular formula is C19H24N2O3. The minimum absolute atomic E-state index is 0.174. The molecule has 1 aliphatic heterocycles. The van der Waals surface area contributed by atoms with Gasteiger partial charge in [-0.25, -0.2) is 0 Å². The molecule has 4 N–H and O–H groups in total. The lowest BCUT2D eigenvalue weighted by molar-refractivity contribution is 0.166. The number of anilines is 1. The van der Waals surface area contributed by atoms with Crippen molar-refractivity contribution in [2.45, 2.75) is 25.0 Å². The van der Waals surface area contributed by atoms with Gasteiger partial charge in [0.25, 0.3) is 0 Å². The van der Waals surface area contributed by atoms with Crippen LogP contribution in [0.2, 0.25) is 0 Å². The second kappa shape index (κ2) is 7.55. The average Bonchev–Trinajstić information content (AvgIpc) is 2.63. The Morgan fingerprint density at radius 2 is 1.71 bits per heavy atom. The number of nitrogens with one attached hydrogen (secondary N) is 1. The number of phenols is 2. The molecule has 1 saturated heterocycles. The Kier molecular flexibility index (Phi) is 5.23. The molecule has 5 nitrogen and oxygen atoms in total. The van der Waals surface area contributed by atoms with Gasteiger partial charge >= 0.3 is 0 Å². The summed E-state index contributed by atoms with van der Waals surface area (Å²) in [5.74, 6) is -0.380. The number of benzene rings is 2. The number of hydrogen-bond donors (Lipinski definition) is 4. The maximum atomic E-state index is 10.2. The number of hydrogen-bond acceptors (Lipinski definition) is 5. The van der Waals surface area contributed by atoms with E-state index in [4.69, 9.17) is 0 Å². The Morgan fingerprint density at radius 3 is 2.38 bits per heavy atom. The molecule has 2 aromatic rings. The molecule has 1 atom stereocenters. The number of piperidine rings is 1. The number of rotatable bonds is 5. The fraction of sp³-hybridized carbons (Fsp3) is 0.368. The van der Waals surface area contributed by atoms with Crippen LogP contribution in [0.1, 0.15) is 24.5 Å². The maximum absolute atomic E-state index is 10.2. The highest BCUT2D eigenvalue weighted by Crippen LogP contribution is 2.27. The second-order valence-corrected chi connectivity index (χ2v) is 6.27. The van der Waals surface area contributed by atoms with Crippen molar-refractivity contribution >= 4 is 5.69 Å². The van der Waals surface area contributed by atoms with E-state index in [0.29, 0.717) is 18.2 Å². The monoisotopic (exact) mass is 328 g/mol. The van der Waals surface area contributed by atoms with E-state index in [-0.39, 0.29) is 11.5 Å². The first kappa shape index (κ1) is 16.6. The summed E-state index contributed by atoms with van der Waals surface area (Å²) in [6, 6.07) is 15.2. The molecule has 5 heteroatoms. The molecule has 0 aliphatic carbocycles. The van der Waals surface area contributed by atoms with E-state index in [1.54, 1.807) is 6.07 Å². The Labute approximate surface area is 142 Å². The van der Waals surface area contributed by atoms with Crippen LogP contribution in [0.5, 0.6) is 11.5 Å². The van der Waals surface area contributed by atoms with Gasteiger partial charge in [0.2, 0.25) is 0 Å². The van der Waals surface area contributed by atoms with E-state index in [0.717, 1.165) is 25.9 Å². The van der Waals surface area contributed by atoms with Crippen LogP contribution in [0.4, 0.5) is 5.69 Å². The van der Waals surface area contributed by atoms with Gasteiger partial charge in [0.05, 0.1) is 6.10 Å². The van der Waals surface area contributed by atoms with Gasteiger partial charge in [-0.2, -0.15) is 0 Å². The zero-order valence-electron chi connectivity index (χ0n) is 13.6. The summed E-state index contributed by atoms with van der Waals surface area (Å²) >= 11 is 0. The summed E-state index contributed by atoms with van der Waals surface area (Å²) in [5.41, 5.74) is 1.86. The molecule has 1 fully saturated rings. The van der Waals surface area contributed by atoms with Crippen LogP contribution in [-0.2, 0) is 0 Å². The summed E-state index contributed by atoms with van der Waals surface area (Å²) in [6.45, 7) is 2.43. The summed E-state index contributed by atoms with van der Waals surface area (Å²) in [7, 11) is 0. The minimum Gasteiger partial charge on any atom is -0.504 e. The van der Waals surface area contributed by atoms with Gasteiger partial charge in [-0.3, -0.25) is 0 Å². The van der Waals surface area contributed by atoms with E-state index in [9.17, 15) is 15.3 Å². The molecule has 128 valence electrons. The molecule has 2 aromatic carbocycles. The van der Waals surface area contributed by atoms with Crippen molar-refractivity contribution in [3.05, 3.63) is 54.1 Å². The lowest BCUT2D eigenvalue weighted by Crippen LogP contribution is -2.43. The fourth-order valence-corrected chi connectivity index (χ4v) is 3.12. The van der Waals surface area contributed by atoms with Crippen LogP contribution in [0.3, 0.4) is 0 Å². The third kappa shape index (κ3) is 3.99. The average molecular weight is 328 g/mol. The lowest BCUT2D eigenvalue weighted by Gasteiger charge is -2.34. The molecule has 3 rings (SSSR count). The third-order valence-electron chi connectivity index (χ3n) is 4.60. The third-order valence-corrected chi connectivity index (χ3v) is 4.60. The molecule has 0 aromatic heterocycles. The molecule has 0 unspecified atom stereocenters. The van der Waals surface area contributed by atoms with Gasteiger partial charge in [0.15, 0.2) is 11.5 Å². The predicted octanol–water partition coefficient (Wildman–Crippen LogP) is 2.39. The summed E-state index contributed by atoms with van der Waals surface area (Å²) in [5, 5.41) is 32.5. The first-order valence-corrected chi connectivity index (χ1v) is 8.37. The standard InChI is InChI=1S/C19H24N2O3/c22-17-7-6-14(12-18(17)23)19(24)13-20-15-8-10-21(11-9-15)16-4-2-1-3-5-16/h1-7,12,15,19-20,22-24H,8-11,13H2/t19-/m0/s1. The van der Waals surface area contributed by atoms with Gasteiger partial charge in [-0.1, -0.05) is 24.3 Å². The highest BCUT2D eigenvalue weighted by molar-refractivity contribution is 5.46. The zero-order chi connectivity index (χ0) is 16.9. The van der Waals surface area contributed by atoms with Crippen LogP contribution >= 0.6 is 0 Å². The number of para-hydroxylation sites is 1. The highest BCUT2D eigenvalue weighted by Gasteiger charge is 2.20. The van der Waals surface area contributed by atoms with E-state index in [2.05, 4.69) is 34.5 Å². The SMILES string of the molecule is Oc1ccc([C@@H](O)CNC2CCN(c3ccccc3)CC2)cc1O. The molecule has 0 radical (unpaired) electrons. The molecule has 24 heavy (non-hydrogen) atoms. The van der Waals surface area contributed by atoms with Gasteiger partial charge in [-0.05, 0) is 42.7 Å². The summed E-state index contributed by atoms with van der Waals surface area (Å²) in [6.07, 6.45) is 1.36. The normalized spacial score (nSPS) is 17.0. The molecule has 1 aliphatic rings. The number of aliphatic hydroxyl groups is 1. The van der Waals surface area contributed by atoms with Crippen molar-refractivity contribution < 1.29 is 15.3 Å². The van der Waals surface area contributed by atoms with Gasteiger partial charge < -0.3 is 25.5 Å². The number of phenolic OH excluding ortho intramolecular Hbond substituents is 2. The van der Waals surface area contributed by atoms with Crippen LogP contribution in [0, 0.1) is 0 Å². The minimum atomic E-state index is -0.705. The summed E-state index contributed by atoms with van der Waals surface area (Å²) < 4.78 is 0. The van der Waals surface area contributed by atoms with Gasteiger partial charge in [-0.15, -0.1) is 0 Å². The fourth-order valence-electron chi connectivity index (χ4n) is 3.12. The summed E-state index contributed by atoms with van der Waals surface area (Å²) in [4.78, 5) is 2.38. The smallest absolute Gasteiger partial charge is 0.157 e. The largest absolute Gasteiger partial charge is 0.504 e. The molecular weight excluding hydrogens is 304 g/mol. The molecule has 0 spiro atoms. The lowest BCUT2D eigenvalue weighted by atomic mass is 10.0. The zero-order valence-corrected chi connectivity index (χ0v) is 13.6. The molecule has 0 bridgehead atoms. The van der Waals surface area contributed by atoms with Crippen molar-refractivity contribution in [3.8, 4) is 11.5 Å². The first-order valence-electron chi connectivity index (χ1n) is 8.37. The van der Waals surface area contributed by atoms with E-state index < -0.39 is 6.10 Å². The quantitative estimate of drug-likeness (QED) is 0.634. The first-order chi connectivity index (χ1) is 11.6. The van der Waals surface area contributed by atoms with Crippen LogP contribution < -0.4 is 10.2 Å². The Bertz CT molecular complexity index is 655.